The lowest BCUT2D eigenvalue weighted by Crippen LogP contribution is -2.36. The fourth-order valence-electron chi connectivity index (χ4n) is 3.10. The third kappa shape index (κ3) is 3.09. The summed E-state index contributed by atoms with van der Waals surface area (Å²) in [6.45, 7) is 2.82. The van der Waals surface area contributed by atoms with Crippen LogP contribution in [0.15, 0.2) is 30.3 Å². The van der Waals surface area contributed by atoms with E-state index in [1.54, 1.807) is 20.3 Å². The number of anilines is 1. The molecule has 0 saturated heterocycles. The van der Waals surface area contributed by atoms with Crippen molar-refractivity contribution in [2.24, 2.45) is 0 Å². The fraction of sp³-hybridized carbons (Fsp3) is 0.316. The average Bonchev–Trinajstić information content (AvgIpc) is 2.60. The minimum absolute atomic E-state index is 0.00477. The Hall–Kier alpha value is -1.76. The van der Waals surface area contributed by atoms with E-state index in [0.29, 0.717) is 17.1 Å². The molecule has 1 heterocycles. The number of benzene rings is 2. The van der Waals surface area contributed by atoms with Gasteiger partial charge in [0.2, 0.25) is 0 Å². The predicted molar refractivity (Wildman–Crippen MR) is 103 cm³/mol. The van der Waals surface area contributed by atoms with Crippen LogP contribution in [0.4, 0.5) is 5.69 Å². The molecule has 1 aliphatic rings. The van der Waals surface area contributed by atoms with Gasteiger partial charge in [-0.3, -0.25) is 4.79 Å². The van der Waals surface area contributed by atoms with Crippen molar-refractivity contribution >= 4 is 34.2 Å². The first kappa shape index (κ1) is 17.1. The molecule has 5 heteroatoms. The molecule has 24 heavy (non-hydrogen) atoms. The van der Waals surface area contributed by atoms with Crippen molar-refractivity contribution < 1.29 is 14.3 Å². The molecule has 0 fully saturated rings. The number of nitrogens with zero attached hydrogens (tertiary/aromatic N) is 1. The predicted octanol–water partition coefficient (Wildman–Crippen LogP) is 4.21. The van der Waals surface area contributed by atoms with Crippen molar-refractivity contribution in [2.75, 3.05) is 25.7 Å². The maximum atomic E-state index is 13.2. The van der Waals surface area contributed by atoms with Crippen LogP contribution in [0.2, 0.25) is 0 Å². The summed E-state index contributed by atoms with van der Waals surface area (Å²) in [5.41, 5.74) is 4.12. The number of methoxy groups -OCH3 is 2. The number of halogens is 1. The molecular formula is C19H20INO3. The Morgan fingerprint density at radius 3 is 2.54 bits per heavy atom. The summed E-state index contributed by atoms with van der Waals surface area (Å²) in [7, 11) is 3.18. The Kier molecular flexibility index (Phi) is 4.99. The van der Waals surface area contributed by atoms with Crippen molar-refractivity contribution in [1.82, 2.24) is 0 Å². The van der Waals surface area contributed by atoms with E-state index in [1.165, 1.54) is 11.1 Å². The molecule has 0 aliphatic carbocycles. The average molecular weight is 437 g/mol. The summed E-state index contributed by atoms with van der Waals surface area (Å²) < 4.78 is 11.5. The molecule has 0 N–H and O–H groups in total. The van der Waals surface area contributed by atoms with Gasteiger partial charge in [0.15, 0.2) is 11.5 Å². The van der Waals surface area contributed by atoms with Gasteiger partial charge in [-0.2, -0.15) is 0 Å². The van der Waals surface area contributed by atoms with Crippen molar-refractivity contribution in [1.29, 1.82) is 0 Å². The maximum Gasteiger partial charge on any atom is 0.259 e. The zero-order valence-electron chi connectivity index (χ0n) is 14.1. The molecule has 2 aromatic rings. The molecule has 0 unspecified atom stereocenters. The molecule has 0 spiro atoms. The van der Waals surface area contributed by atoms with Crippen LogP contribution in [0.1, 0.15) is 27.9 Å². The molecule has 1 aliphatic heterocycles. The van der Waals surface area contributed by atoms with Crippen LogP contribution in [0, 0.1) is 10.5 Å². The SMILES string of the molecule is COc1cc(I)c(C(=O)N2CCCc3cc(C)ccc32)cc1OC. The zero-order valence-corrected chi connectivity index (χ0v) is 16.2. The Bertz CT molecular complexity index is 788. The zero-order chi connectivity index (χ0) is 17.3. The number of hydrogen-bond donors (Lipinski definition) is 0. The maximum absolute atomic E-state index is 13.2. The molecule has 2 aromatic carbocycles. The van der Waals surface area contributed by atoms with Gasteiger partial charge in [-0.25, -0.2) is 0 Å². The summed E-state index contributed by atoms with van der Waals surface area (Å²) in [5, 5.41) is 0. The number of carbonyl (C=O) groups excluding carboxylic acids is 1. The summed E-state index contributed by atoms with van der Waals surface area (Å²) in [6.07, 6.45) is 2.00. The van der Waals surface area contributed by atoms with Crippen LogP contribution < -0.4 is 14.4 Å². The minimum Gasteiger partial charge on any atom is -0.493 e. The lowest BCUT2D eigenvalue weighted by Gasteiger charge is -2.30. The first-order valence-electron chi connectivity index (χ1n) is 7.88. The molecular weight excluding hydrogens is 417 g/mol. The van der Waals surface area contributed by atoms with Crippen LogP contribution in [0.3, 0.4) is 0 Å². The largest absolute Gasteiger partial charge is 0.493 e. The molecule has 3 rings (SSSR count). The summed E-state index contributed by atoms with van der Waals surface area (Å²) >= 11 is 2.18. The van der Waals surface area contributed by atoms with E-state index in [2.05, 4.69) is 47.7 Å². The van der Waals surface area contributed by atoms with Crippen molar-refractivity contribution in [3.05, 3.63) is 50.6 Å². The summed E-state index contributed by atoms with van der Waals surface area (Å²) in [4.78, 5) is 15.0. The van der Waals surface area contributed by atoms with Gasteiger partial charge < -0.3 is 14.4 Å². The fourth-order valence-corrected chi connectivity index (χ4v) is 3.77. The van der Waals surface area contributed by atoms with Gasteiger partial charge in [-0.1, -0.05) is 17.7 Å². The van der Waals surface area contributed by atoms with Gasteiger partial charge in [0.05, 0.1) is 19.8 Å². The van der Waals surface area contributed by atoms with E-state index in [4.69, 9.17) is 9.47 Å². The Balaban J connectivity index is 2.02. The quantitative estimate of drug-likeness (QED) is 0.676. The van der Waals surface area contributed by atoms with Gasteiger partial charge in [-0.15, -0.1) is 0 Å². The minimum atomic E-state index is 0.00477. The van der Waals surface area contributed by atoms with E-state index in [0.717, 1.165) is 28.6 Å². The van der Waals surface area contributed by atoms with Gasteiger partial charge in [0.25, 0.3) is 5.91 Å². The summed E-state index contributed by atoms with van der Waals surface area (Å²) in [5.74, 6) is 1.21. The molecule has 4 nitrogen and oxygen atoms in total. The molecule has 0 atom stereocenters. The normalized spacial score (nSPS) is 13.4. The first-order chi connectivity index (χ1) is 11.5. The Morgan fingerprint density at radius 2 is 1.83 bits per heavy atom. The standard InChI is InChI=1S/C19H20INO3/c1-12-6-7-16-13(9-12)5-4-8-21(16)19(22)14-10-17(23-2)18(24-3)11-15(14)20/h6-7,9-11H,4-5,8H2,1-3H3. The number of ether oxygens (including phenoxy) is 2. The van der Waals surface area contributed by atoms with Crippen LogP contribution in [-0.2, 0) is 6.42 Å². The van der Waals surface area contributed by atoms with Crippen molar-refractivity contribution in [3.8, 4) is 11.5 Å². The number of fused-ring (bicyclic) bond motifs is 1. The molecule has 0 saturated carbocycles. The second-order valence-corrected chi connectivity index (χ2v) is 7.04. The van der Waals surface area contributed by atoms with E-state index >= 15 is 0 Å². The highest BCUT2D eigenvalue weighted by Crippen LogP contribution is 2.34. The number of carbonyl (C=O) groups is 1. The Morgan fingerprint density at radius 1 is 1.12 bits per heavy atom. The van der Waals surface area contributed by atoms with Gasteiger partial charge in [0.1, 0.15) is 0 Å². The summed E-state index contributed by atoms with van der Waals surface area (Å²) in [6, 6.07) is 9.89. The number of hydrogen-bond acceptors (Lipinski definition) is 3. The van der Waals surface area contributed by atoms with Crippen LogP contribution in [0.25, 0.3) is 0 Å². The van der Waals surface area contributed by atoms with E-state index < -0.39 is 0 Å². The van der Waals surface area contributed by atoms with Crippen LogP contribution in [0.5, 0.6) is 11.5 Å². The number of amides is 1. The number of aryl methyl sites for hydroxylation is 2. The van der Waals surface area contributed by atoms with Crippen LogP contribution >= 0.6 is 22.6 Å². The van der Waals surface area contributed by atoms with Gasteiger partial charge in [-0.05, 0) is 66.1 Å². The van der Waals surface area contributed by atoms with E-state index in [9.17, 15) is 4.79 Å². The van der Waals surface area contributed by atoms with Crippen LogP contribution in [-0.4, -0.2) is 26.7 Å². The van der Waals surface area contributed by atoms with Gasteiger partial charge >= 0.3 is 0 Å². The van der Waals surface area contributed by atoms with Crippen molar-refractivity contribution in [3.63, 3.8) is 0 Å². The number of rotatable bonds is 3. The Labute approximate surface area is 155 Å². The molecule has 126 valence electrons. The first-order valence-corrected chi connectivity index (χ1v) is 8.96. The molecule has 0 aromatic heterocycles. The third-order valence-electron chi connectivity index (χ3n) is 4.30. The van der Waals surface area contributed by atoms with Crippen molar-refractivity contribution in [2.45, 2.75) is 19.8 Å². The highest BCUT2D eigenvalue weighted by atomic mass is 127. The smallest absolute Gasteiger partial charge is 0.259 e. The highest BCUT2D eigenvalue weighted by molar-refractivity contribution is 14.1. The lowest BCUT2D eigenvalue weighted by atomic mass is 9.98. The second-order valence-electron chi connectivity index (χ2n) is 5.88. The monoisotopic (exact) mass is 437 g/mol. The molecule has 0 radical (unpaired) electrons. The highest BCUT2D eigenvalue weighted by Gasteiger charge is 2.26. The van der Waals surface area contributed by atoms with Gasteiger partial charge in [0, 0.05) is 15.8 Å². The van der Waals surface area contributed by atoms with E-state index in [1.807, 2.05) is 11.0 Å². The second kappa shape index (κ2) is 7.01. The third-order valence-corrected chi connectivity index (χ3v) is 5.19. The molecule has 1 amide bonds. The van der Waals surface area contributed by atoms with E-state index in [-0.39, 0.29) is 5.91 Å². The lowest BCUT2D eigenvalue weighted by molar-refractivity contribution is 0.0984. The topological polar surface area (TPSA) is 38.8 Å². The molecule has 0 bridgehead atoms.